The van der Waals surface area contributed by atoms with Crippen LogP contribution in [-0.4, -0.2) is 29.9 Å². The van der Waals surface area contributed by atoms with Gasteiger partial charge in [-0.2, -0.15) is 0 Å². The van der Waals surface area contributed by atoms with E-state index >= 15 is 0 Å². The quantitative estimate of drug-likeness (QED) is 0.599. The van der Waals surface area contributed by atoms with Gasteiger partial charge in [-0.15, -0.1) is 0 Å². The molecule has 0 aliphatic rings. The van der Waals surface area contributed by atoms with Crippen molar-refractivity contribution in [1.82, 2.24) is 0 Å². The number of hydrogen-bond donors (Lipinski definition) is 1. The van der Waals surface area contributed by atoms with Crippen LogP contribution in [0.1, 0.15) is 0 Å². The van der Waals surface area contributed by atoms with Gasteiger partial charge in [0.25, 0.3) is 0 Å². The van der Waals surface area contributed by atoms with Crippen LogP contribution in [-0.2, 0) is 24.2 Å². The number of nitrogens with two attached hydrogens (primary N) is 1. The van der Waals surface area contributed by atoms with E-state index in [1.807, 2.05) is 0 Å². The molecule has 0 amide bonds. The summed E-state index contributed by atoms with van der Waals surface area (Å²) >= 11 is 1.31. The number of hydrogen-bond acceptors (Lipinski definition) is 2. The summed E-state index contributed by atoms with van der Waals surface area (Å²) in [6, 6.07) is 0. The van der Waals surface area contributed by atoms with Gasteiger partial charge in [0.1, 0.15) is 0 Å². The Bertz CT molecular complexity index is 151. The van der Waals surface area contributed by atoms with Gasteiger partial charge in [-0.25, -0.2) is 0 Å². The van der Waals surface area contributed by atoms with E-state index in [1.165, 1.54) is 19.4 Å². The van der Waals surface area contributed by atoms with Crippen molar-refractivity contribution in [2.24, 2.45) is 5.90 Å². The summed E-state index contributed by atoms with van der Waals surface area (Å²) in [5, 5.41) is 0. The molecule has 0 unspecified atom stereocenters. The third-order valence-electron chi connectivity index (χ3n) is 0.689. The summed E-state index contributed by atoms with van der Waals surface area (Å²) in [6.07, 6.45) is 4.98. The van der Waals surface area contributed by atoms with Crippen molar-refractivity contribution in [2.45, 2.75) is 0 Å². The van der Waals surface area contributed by atoms with Gasteiger partial charge in [-0.3, -0.25) is 0 Å². The number of rotatable bonds is 3. The second kappa shape index (κ2) is 3.83. The molecule has 0 aromatic rings. The molecule has 4 heteroatoms. The van der Waals surface area contributed by atoms with Crippen molar-refractivity contribution in [3.8, 4) is 0 Å². The SMILES string of the molecule is C=P(C)(C)C[C](=[W])ON. The molecule has 2 N–H and O–H groups in total. The average molecular weight is 317 g/mol. The van der Waals surface area contributed by atoms with Crippen molar-refractivity contribution in [2.75, 3.05) is 19.5 Å². The summed E-state index contributed by atoms with van der Waals surface area (Å²) in [5.41, 5.74) is 0. The summed E-state index contributed by atoms with van der Waals surface area (Å²) in [6.45, 7) is 3.36. The van der Waals surface area contributed by atoms with Crippen LogP contribution in [0.15, 0.2) is 0 Å². The third-order valence-corrected chi connectivity index (χ3v) is 3.54. The van der Waals surface area contributed by atoms with Gasteiger partial charge in [0.2, 0.25) is 0 Å². The normalized spacial score (nSPS) is 11.4. The summed E-state index contributed by atoms with van der Waals surface area (Å²) in [4.78, 5) is 4.57. The van der Waals surface area contributed by atoms with Crippen molar-refractivity contribution in [1.29, 1.82) is 0 Å². The fourth-order valence-electron chi connectivity index (χ4n) is 0.387. The van der Waals surface area contributed by atoms with E-state index in [-0.39, 0.29) is 0 Å². The predicted molar refractivity (Wildman–Crippen MR) is 41.0 cm³/mol. The van der Waals surface area contributed by atoms with Crippen molar-refractivity contribution < 1.29 is 24.2 Å². The van der Waals surface area contributed by atoms with Gasteiger partial charge in [-0.05, 0) is 0 Å². The first-order valence-electron chi connectivity index (χ1n) is 2.52. The molecule has 0 spiro atoms. The minimum atomic E-state index is -0.960. The van der Waals surface area contributed by atoms with E-state index in [2.05, 4.69) is 24.5 Å². The van der Waals surface area contributed by atoms with Gasteiger partial charge < -0.3 is 0 Å². The van der Waals surface area contributed by atoms with E-state index in [0.717, 1.165) is 10.2 Å². The fourth-order valence-corrected chi connectivity index (χ4v) is 4.93. The van der Waals surface area contributed by atoms with Gasteiger partial charge in [-0.1, -0.05) is 0 Å². The second-order valence-corrected chi connectivity index (χ2v) is 8.41. The van der Waals surface area contributed by atoms with Crippen LogP contribution in [0.25, 0.3) is 0 Å². The Morgan fingerprint density at radius 1 is 1.78 bits per heavy atom. The van der Waals surface area contributed by atoms with Gasteiger partial charge >= 0.3 is 66.8 Å². The van der Waals surface area contributed by atoms with Crippen LogP contribution in [0.3, 0.4) is 0 Å². The molecule has 0 aromatic carbocycles. The molecule has 0 fully saturated rings. The Balaban J connectivity index is 3.75. The van der Waals surface area contributed by atoms with Crippen molar-refractivity contribution >= 4 is 17.3 Å². The molecule has 0 atom stereocenters. The maximum atomic E-state index is 4.95. The Labute approximate surface area is 67.1 Å². The fraction of sp³-hybridized carbons (Fsp3) is 0.600. The molecule has 0 aliphatic carbocycles. The molecular formula is C5H12NOPW. The van der Waals surface area contributed by atoms with E-state index in [4.69, 9.17) is 5.90 Å². The van der Waals surface area contributed by atoms with Gasteiger partial charge in [0.15, 0.2) is 0 Å². The topological polar surface area (TPSA) is 35.2 Å². The third kappa shape index (κ3) is 6.67. The van der Waals surface area contributed by atoms with Crippen LogP contribution < -0.4 is 5.90 Å². The Kier molecular flexibility index (Phi) is 4.16. The summed E-state index contributed by atoms with van der Waals surface area (Å²) in [5.74, 6) is 4.95. The zero-order valence-electron chi connectivity index (χ0n) is 5.76. The standard InChI is InChI=1S/C5H12NOP.W/c1-8(2,3)5-4-7-6;/h1,5-6H2,2-3H3;. The molecule has 2 nitrogen and oxygen atoms in total. The molecule has 0 bridgehead atoms. The molecule has 0 rings (SSSR count). The van der Waals surface area contributed by atoms with Crippen molar-refractivity contribution in [3.63, 3.8) is 0 Å². The predicted octanol–water partition coefficient (Wildman–Crippen LogP) is 0.263. The second-order valence-electron chi connectivity index (χ2n) is 2.58. The van der Waals surface area contributed by atoms with E-state index < -0.39 is 6.89 Å². The molecular weight excluding hydrogens is 305 g/mol. The van der Waals surface area contributed by atoms with Gasteiger partial charge in [0.05, 0.1) is 0 Å². The molecule has 0 saturated heterocycles. The van der Waals surface area contributed by atoms with Crippen LogP contribution in [0.2, 0.25) is 0 Å². The maximum absolute atomic E-state index is 4.95. The Hall–Kier alpha value is 0.778. The molecule has 0 saturated carbocycles. The Morgan fingerprint density at radius 2 is 2.22 bits per heavy atom. The molecule has 9 heavy (non-hydrogen) atoms. The first kappa shape index (κ1) is 9.78. The van der Waals surface area contributed by atoms with Crippen LogP contribution in [0, 0.1) is 0 Å². The van der Waals surface area contributed by atoms with E-state index in [1.54, 1.807) is 0 Å². The molecule has 0 aliphatic heterocycles. The first-order chi connectivity index (χ1) is 3.95. The molecule has 54 valence electrons. The van der Waals surface area contributed by atoms with Crippen LogP contribution in [0.5, 0.6) is 0 Å². The van der Waals surface area contributed by atoms with Crippen molar-refractivity contribution in [3.05, 3.63) is 0 Å². The minimum absolute atomic E-state index is 0.957. The first-order valence-corrected chi connectivity index (χ1v) is 7.04. The molecule has 0 aromatic heterocycles. The van der Waals surface area contributed by atoms with Crippen LogP contribution >= 0.6 is 6.89 Å². The molecule has 0 heterocycles. The zero-order valence-corrected chi connectivity index (χ0v) is 9.58. The van der Waals surface area contributed by atoms with E-state index in [0.29, 0.717) is 0 Å². The zero-order chi connectivity index (χ0) is 7.49. The average Bonchev–Trinajstić information content (AvgIpc) is 1.62. The monoisotopic (exact) mass is 317 g/mol. The van der Waals surface area contributed by atoms with Crippen LogP contribution in [0.4, 0.5) is 0 Å². The summed E-state index contributed by atoms with van der Waals surface area (Å²) < 4.78 is 0.961. The summed E-state index contributed by atoms with van der Waals surface area (Å²) in [7, 11) is 0. The Morgan fingerprint density at radius 3 is 2.33 bits per heavy atom. The molecule has 0 radical (unpaired) electrons. The van der Waals surface area contributed by atoms with Gasteiger partial charge in [0, 0.05) is 0 Å². The van der Waals surface area contributed by atoms with E-state index in [9.17, 15) is 0 Å².